The average Bonchev–Trinajstić information content (AvgIpc) is 3.23. The fourth-order valence-electron chi connectivity index (χ4n) is 2.93. The van der Waals surface area contributed by atoms with E-state index in [1.807, 2.05) is 6.07 Å². The Morgan fingerprint density at radius 3 is 2.66 bits per heavy atom. The maximum absolute atomic E-state index is 12.4. The number of benzene rings is 2. The summed E-state index contributed by atoms with van der Waals surface area (Å²) in [6.45, 7) is 0. The van der Waals surface area contributed by atoms with Crippen molar-refractivity contribution in [3.05, 3.63) is 58.6 Å². The van der Waals surface area contributed by atoms with Crippen LogP contribution in [-0.4, -0.2) is 45.7 Å². The molecule has 0 unspecified atom stereocenters. The van der Waals surface area contributed by atoms with Crippen LogP contribution in [0.4, 0.5) is 5.69 Å². The van der Waals surface area contributed by atoms with Crippen molar-refractivity contribution in [2.45, 2.75) is 5.03 Å². The Hall–Kier alpha value is -3.01. The van der Waals surface area contributed by atoms with Crippen LogP contribution in [-0.2, 0) is 4.79 Å². The molecule has 0 saturated heterocycles. The van der Waals surface area contributed by atoms with Crippen molar-refractivity contribution in [2.75, 3.05) is 25.3 Å². The number of nitrogens with zero attached hydrogens (tertiary/aromatic N) is 4. The van der Waals surface area contributed by atoms with Crippen molar-refractivity contribution >= 4 is 52.2 Å². The summed E-state index contributed by atoms with van der Waals surface area (Å²) in [4.78, 5) is 12.4. The molecule has 11 heteroatoms. The minimum Gasteiger partial charge on any atom is -0.493 e. The second-order valence-electron chi connectivity index (χ2n) is 6.47. The van der Waals surface area contributed by atoms with Crippen molar-refractivity contribution in [3.8, 4) is 22.9 Å². The molecular weight excluding hydrogens is 473 g/mol. The van der Waals surface area contributed by atoms with E-state index in [9.17, 15) is 4.79 Å². The van der Waals surface area contributed by atoms with Crippen LogP contribution in [0, 0.1) is 0 Å². The van der Waals surface area contributed by atoms with Crippen LogP contribution in [0.1, 0.15) is 0 Å². The van der Waals surface area contributed by atoms with Gasteiger partial charge in [0, 0.05) is 5.56 Å². The van der Waals surface area contributed by atoms with Crippen molar-refractivity contribution in [3.63, 3.8) is 0 Å². The first kappa shape index (κ1) is 22.2. The van der Waals surface area contributed by atoms with Crippen molar-refractivity contribution in [1.29, 1.82) is 0 Å². The largest absolute Gasteiger partial charge is 0.493 e. The fraction of sp³-hybridized carbons (Fsp3) is 0.143. The number of nitrogens with one attached hydrogen (secondary N) is 1. The molecule has 2 heterocycles. The summed E-state index contributed by atoms with van der Waals surface area (Å²) in [5.74, 6) is 1.63. The van der Waals surface area contributed by atoms with Crippen molar-refractivity contribution in [2.24, 2.45) is 0 Å². The SMILES string of the molecule is COc1ccc(-c2nnc3ccc(SCC(=O)Nc4cccc(Cl)c4Cl)nn23)cc1OC. The van der Waals surface area contributed by atoms with Crippen LogP contribution in [0.2, 0.25) is 10.0 Å². The van der Waals surface area contributed by atoms with Crippen LogP contribution in [0.3, 0.4) is 0 Å². The number of methoxy groups -OCH3 is 2. The number of amides is 1. The van der Waals surface area contributed by atoms with E-state index >= 15 is 0 Å². The van der Waals surface area contributed by atoms with Crippen LogP contribution in [0.5, 0.6) is 11.5 Å². The molecule has 0 saturated carbocycles. The van der Waals surface area contributed by atoms with Gasteiger partial charge in [0.15, 0.2) is 23.0 Å². The molecule has 0 aliphatic rings. The zero-order valence-corrected chi connectivity index (χ0v) is 19.3. The van der Waals surface area contributed by atoms with Gasteiger partial charge >= 0.3 is 0 Å². The number of ether oxygens (including phenoxy) is 2. The topological polar surface area (TPSA) is 90.6 Å². The number of carbonyl (C=O) groups excluding carboxylic acids is 1. The Morgan fingerprint density at radius 2 is 1.88 bits per heavy atom. The number of aromatic nitrogens is 4. The number of carbonyl (C=O) groups is 1. The zero-order chi connectivity index (χ0) is 22.7. The minimum atomic E-state index is -0.232. The first-order valence-electron chi connectivity index (χ1n) is 9.31. The molecule has 0 spiro atoms. The van der Waals surface area contributed by atoms with Gasteiger partial charge < -0.3 is 14.8 Å². The van der Waals surface area contributed by atoms with Gasteiger partial charge in [-0.15, -0.1) is 10.2 Å². The molecule has 1 amide bonds. The predicted molar refractivity (Wildman–Crippen MR) is 125 cm³/mol. The summed E-state index contributed by atoms with van der Waals surface area (Å²) >= 11 is 13.4. The van der Waals surface area contributed by atoms with E-state index in [1.165, 1.54) is 11.8 Å². The quantitative estimate of drug-likeness (QED) is 0.371. The highest BCUT2D eigenvalue weighted by Crippen LogP contribution is 2.32. The Morgan fingerprint density at radius 1 is 1.06 bits per heavy atom. The first-order chi connectivity index (χ1) is 15.5. The third kappa shape index (κ3) is 4.59. The van der Waals surface area contributed by atoms with Crippen LogP contribution in [0.15, 0.2) is 53.6 Å². The van der Waals surface area contributed by atoms with E-state index in [1.54, 1.807) is 61.2 Å². The van der Waals surface area contributed by atoms with Gasteiger partial charge in [0.05, 0.1) is 35.7 Å². The summed E-state index contributed by atoms with van der Waals surface area (Å²) < 4.78 is 12.3. The van der Waals surface area contributed by atoms with Gasteiger partial charge in [-0.25, -0.2) is 0 Å². The summed E-state index contributed by atoms with van der Waals surface area (Å²) in [5.41, 5.74) is 1.80. The van der Waals surface area contributed by atoms with Crippen molar-refractivity contribution < 1.29 is 14.3 Å². The molecule has 164 valence electrons. The van der Waals surface area contributed by atoms with Crippen molar-refractivity contribution in [1.82, 2.24) is 19.8 Å². The maximum atomic E-state index is 12.4. The molecule has 8 nitrogen and oxygen atoms in total. The molecule has 4 aromatic rings. The van der Waals surface area contributed by atoms with E-state index in [0.29, 0.717) is 43.7 Å². The lowest BCUT2D eigenvalue weighted by Gasteiger charge is -2.09. The van der Waals surface area contributed by atoms with Gasteiger partial charge in [0.2, 0.25) is 5.91 Å². The van der Waals surface area contributed by atoms with Crippen LogP contribution in [0.25, 0.3) is 17.0 Å². The molecule has 2 aromatic carbocycles. The number of hydrogen-bond donors (Lipinski definition) is 1. The van der Waals surface area contributed by atoms with Gasteiger partial charge in [-0.1, -0.05) is 41.0 Å². The van der Waals surface area contributed by atoms with Gasteiger partial charge in [0.25, 0.3) is 0 Å². The second kappa shape index (κ2) is 9.64. The van der Waals surface area contributed by atoms with E-state index in [0.717, 1.165) is 5.56 Å². The van der Waals surface area contributed by atoms with E-state index < -0.39 is 0 Å². The highest BCUT2D eigenvalue weighted by Gasteiger charge is 2.14. The molecule has 0 atom stereocenters. The lowest BCUT2D eigenvalue weighted by Crippen LogP contribution is -2.14. The highest BCUT2D eigenvalue weighted by atomic mass is 35.5. The molecule has 0 aliphatic carbocycles. The first-order valence-corrected chi connectivity index (χ1v) is 11.1. The number of anilines is 1. The average molecular weight is 490 g/mol. The zero-order valence-electron chi connectivity index (χ0n) is 17.0. The Labute approximate surface area is 197 Å². The predicted octanol–water partition coefficient (Wildman–Crippen LogP) is 4.85. The van der Waals surface area contributed by atoms with Gasteiger partial charge in [-0.2, -0.15) is 9.61 Å². The molecule has 0 aliphatic heterocycles. The summed E-state index contributed by atoms with van der Waals surface area (Å²) in [6, 6.07) is 14.1. The number of thioether (sulfide) groups is 1. The molecule has 0 fully saturated rings. The van der Waals surface area contributed by atoms with E-state index in [2.05, 4.69) is 20.6 Å². The smallest absolute Gasteiger partial charge is 0.234 e. The van der Waals surface area contributed by atoms with E-state index in [4.69, 9.17) is 32.7 Å². The highest BCUT2D eigenvalue weighted by molar-refractivity contribution is 7.99. The molecule has 1 N–H and O–H groups in total. The third-order valence-electron chi connectivity index (χ3n) is 4.46. The van der Waals surface area contributed by atoms with Gasteiger partial charge in [-0.3, -0.25) is 4.79 Å². The van der Waals surface area contributed by atoms with Crippen LogP contribution >= 0.6 is 35.0 Å². The Balaban J connectivity index is 1.53. The standard InChI is InChI=1S/C21H17Cl2N5O3S/c1-30-15-7-6-12(10-16(15)31-2)21-26-25-17-8-9-19(27-28(17)21)32-11-18(29)24-14-5-3-4-13(22)20(14)23/h3-10H,11H2,1-2H3,(H,24,29). The summed E-state index contributed by atoms with van der Waals surface area (Å²) in [7, 11) is 3.14. The fourth-order valence-corrected chi connectivity index (χ4v) is 3.93. The number of halogens is 2. The minimum absolute atomic E-state index is 0.134. The molecule has 0 bridgehead atoms. The lowest BCUT2D eigenvalue weighted by atomic mass is 10.2. The molecule has 0 radical (unpaired) electrons. The molecule has 4 rings (SSSR count). The molecule has 32 heavy (non-hydrogen) atoms. The Kier molecular flexibility index (Phi) is 6.69. The number of hydrogen-bond acceptors (Lipinski definition) is 7. The molecular formula is C21H17Cl2N5O3S. The van der Waals surface area contributed by atoms with Gasteiger partial charge in [-0.05, 0) is 42.5 Å². The summed E-state index contributed by atoms with van der Waals surface area (Å²) in [6.07, 6.45) is 0. The third-order valence-corrected chi connectivity index (χ3v) is 6.20. The number of rotatable bonds is 7. The Bertz CT molecular complexity index is 1300. The normalized spacial score (nSPS) is 10.9. The maximum Gasteiger partial charge on any atom is 0.234 e. The number of fused-ring (bicyclic) bond motifs is 1. The van der Waals surface area contributed by atoms with Gasteiger partial charge in [0.1, 0.15) is 5.03 Å². The second-order valence-corrected chi connectivity index (χ2v) is 8.25. The van der Waals surface area contributed by atoms with Crippen LogP contribution < -0.4 is 14.8 Å². The van der Waals surface area contributed by atoms with E-state index in [-0.39, 0.29) is 11.7 Å². The lowest BCUT2D eigenvalue weighted by molar-refractivity contribution is -0.113. The monoisotopic (exact) mass is 489 g/mol. The molecule has 2 aromatic heterocycles. The summed E-state index contributed by atoms with van der Waals surface area (Å²) in [5, 5.41) is 17.0.